The third-order valence-corrected chi connectivity index (χ3v) is 7.45. The van der Waals surface area contributed by atoms with Crippen LogP contribution in [0.15, 0.2) is 18.2 Å². The van der Waals surface area contributed by atoms with Gasteiger partial charge in [-0.15, -0.1) is 0 Å². The van der Waals surface area contributed by atoms with E-state index in [1.807, 2.05) is 0 Å². The molecule has 8 nitrogen and oxygen atoms in total. The minimum absolute atomic E-state index is 0.0511. The highest BCUT2D eigenvalue weighted by Gasteiger charge is 2.49. The number of likely N-dealkylation sites (tertiary alicyclic amines) is 1. The van der Waals surface area contributed by atoms with Crippen molar-refractivity contribution < 1.29 is 23.9 Å². The van der Waals surface area contributed by atoms with E-state index in [0.717, 1.165) is 19.3 Å². The Morgan fingerprint density at radius 2 is 2.09 bits per heavy atom. The van der Waals surface area contributed by atoms with Gasteiger partial charge in [0.25, 0.3) is 5.91 Å². The van der Waals surface area contributed by atoms with E-state index in [9.17, 15) is 19.2 Å². The highest BCUT2D eigenvalue weighted by Crippen LogP contribution is 2.42. The number of nitrogens with one attached hydrogen (secondary N) is 2. The summed E-state index contributed by atoms with van der Waals surface area (Å²) in [6.07, 6.45) is 4.39. The molecule has 1 aliphatic carbocycles. The average Bonchev–Trinajstić information content (AvgIpc) is 3.48. The van der Waals surface area contributed by atoms with Gasteiger partial charge >= 0.3 is 0 Å². The van der Waals surface area contributed by atoms with Gasteiger partial charge in [-0.25, -0.2) is 0 Å². The number of benzene rings is 1. The molecule has 5 atom stereocenters. The van der Waals surface area contributed by atoms with Gasteiger partial charge < -0.3 is 25.1 Å². The molecule has 0 aromatic heterocycles. The third kappa shape index (κ3) is 5.27. The second kappa shape index (κ2) is 10.3. The van der Waals surface area contributed by atoms with Crippen molar-refractivity contribution in [3.8, 4) is 5.75 Å². The molecule has 0 unspecified atom stereocenters. The number of nitrogens with zero attached hydrogens (tertiary/aromatic N) is 1. The predicted octanol–water partition coefficient (Wildman–Crippen LogP) is 2.21. The number of hydrogen-bond donors (Lipinski definition) is 2. The Morgan fingerprint density at radius 1 is 1.27 bits per heavy atom. The summed E-state index contributed by atoms with van der Waals surface area (Å²) >= 11 is 12.0. The molecule has 0 spiro atoms. The molecule has 2 aliphatic heterocycles. The first-order valence-electron chi connectivity index (χ1n) is 11.3. The van der Waals surface area contributed by atoms with Gasteiger partial charge in [0, 0.05) is 24.0 Å². The number of amides is 3. The SMILES string of the molecule is O=C[C@H](C[C@@H]1CCNC1=O)NC(=O)[C@H]1[C@@H]2CCC[C@H]2CN1C(=O)COc1ccc(Cl)cc1Cl. The Labute approximate surface area is 202 Å². The second-order valence-electron chi connectivity index (χ2n) is 8.97. The van der Waals surface area contributed by atoms with Gasteiger partial charge in [-0.1, -0.05) is 29.6 Å². The first-order valence-corrected chi connectivity index (χ1v) is 12.0. The fourth-order valence-electron chi connectivity index (χ4n) is 5.31. The van der Waals surface area contributed by atoms with Crippen LogP contribution in [0, 0.1) is 17.8 Å². The van der Waals surface area contributed by atoms with E-state index in [2.05, 4.69) is 10.6 Å². The largest absolute Gasteiger partial charge is 0.482 e. The lowest BCUT2D eigenvalue weighted by Crippen LogP contribution is -2.52. The Kier molecular flexibility index (Phi) is 7.44. The van der Waals surface area contributed by atoms with E-state index in [4.69, 9.17) is 27.9 Å². The maximum absolute atomic E-state index is 13.3. The Hall–Kier alpha value is -2.32. The molecule has 178 valence electrons. The van der Waals surface area contributed by atoms with Crippen molar-refractivity contribution in [2.24, 2.45) is 17.8 Å². The van der Waals surface area contributed by atoms with Crippen molar-refractivity contribution in [3.05, 3.63) is 28.2 Å². The van der Waals surface area contributed by atoms with Crippen molar-refractivity contribution in [1.29, 1.82) is 0 Å². The molecule has 3 fully saturated rings. The molecule has 3 amide bonds. The van der Waals surface area contributed by atoms with Crippen LogP contribution in [0.1, 0.15) is 32.1 Å². The lowest BCUT2D eigenvalue weighted by atomic mass is 9.92. The fraction of sp³-hybridized carbons (Fsp3) is 0.565. The van der Waals surface area contributed by atoms with Gasteiger partial charge in [0.2, 0.25) is 11.8 Å². The topological polar surface area (TPSA) is 105 Å². The monoisotopic (exact) mass is 495 g/mol. The molecule has 4 rings (SSSR count). The molecule has 3 aliphatic rings. The lowest BCUT2D eigenvalue weighted by Gasteiger charge is -2.28. The van der Waals surface area contributed by atoms with Crippen LogP contribution in [0.3, 0.4) is 0 Å². The Bertz CT molecular complexity index is 943. The molecular weight excluding hydrogens is 469 g/mol. The number of fused-ring (bicyclic) bond motifs is 1. The normalized spacial score (nSPS) is 27.1. The van der Waals surface area contributed by atoms with Gasteiger partial charge in [-0.2, -0.15) is 0 Å². The standard InChI is InChI=1S/C23H27Cl2N3O5/c24-15-4-5-19(18(25)9-15)33-12-20(30)28-10-14-2-1-3-17(14)21(28)23(32)27-16(11-29)8-13-6-7-26-22(13)31/h4-5,9,11,13-14,16-17,21H,1-3,6-8,10,12H2,(H,26,31)(H,27,32)/t13-,14-,16-,17+,21+/m0/s1. The molecular formula is C23H27Cl2N3O5. The van der Waals surface area contributed by atoms with Crippen LogP contribution in [-0.4, -0.2) is 60.7 Å². The van der Waals surface area contributed by atoms with Crippen LogP contribution in [0.25, 0.3) is 0 Å². The summed E-state index contributed by atoms with van der Waals surface area (Å²) in [5.74, 6) is -0.410. The van der Waals surface area contributed by atoms with Crippen LogP contribution >= 0.6 is 23.2 Å². The van der Waals surface area contributed by atoms with Crippen molar-refractivity contribution in [3.63, 3.8) is 0 Å². The predicted molar refractivity (Wildman–Crippen MR) is 122 cm³/mol. The van der Waals surface area contributed by atoms with Crippen molar-refractivity contribution in [2.75, 3.05) is 19.7 Å². The van der Waals surface area contributed by atoms with Crippen LogP contribution in [-0.2, 0) is 19.2 Å². The average molecular weight is 496 g/mol. The molecule has 1 saturated carbocycles. The van der Waals surface area contributed by atoms with Gasteiger partial charge in [-0.05, 0) is 55.7 Å². The molecule has 2 N–H and O–H groups in total. The number of carbonyl (C=O) groups is 4. The van der Waals surface area contributed by atoms with Crippen LogP contribution in [0.5, 0.6) is 5.75 Å². The van der Waals surface area contributed by atoms with E-state index in [1.54, 1.807) is 17.0 Å². The molecule has 0 radical (unpaired) electrons. The summed E-state index contributed by atoms with van der Waals surface area (Å²) in [7, 11) is 0. The first-order chi connectivity index (χ1) is 15.9. The number of rotatable bonds is 8. The Morgan fingerprint density at radius 3 is 2.79 bits per heavy atom. The van der Waals surface area contributed by atoms with E-state index in [1.165, 1.54) is 6.07 Å². The van der Waals surface area contributed by atoms with E-state index in [-0.39, 0.29) is 48.5 Å². The van der Waals surface area contributed by atoms with Crippen LogP contribution in [0.2, 0.25) is 10.0 Å². The highest BCUT2D eigenvalue weighted by molar-refractivity contribution is 6.35. The minimum atomic E-state index is -0.770. The fourth-order valence-corrected chi connectivity index (χ4v) is 5.77. The van der Waals surface area contributed by atoms with E-state index < -0.39 is 12.1 Å². The van der Waals surface area contributed by atoms with Gasteiger partial charge in [0.05, 0.1) is 11.1 Å². The van der Waals surface area contributed by atoms with Gasteiger partial charge in [0.15, 0.2) is 6.61 Å². The minimum Gasteiger partial charge on any atom is -0.482 e. The zero-order chi connectivity index (χ0) is 23.5. The Balaban J connectivity index is 1.42. The molecule has 33 heavy (non-hydrogen) atoms. The summed E-state index contributed by atoms with van der Waals surface area (Å²) in [5, 5.41) is 6.29. The van der Waals surface area contributed by atoms with Gasteiger partial charge in [-0.3, -0.25) is 14.4 Å². The van der Waals surface area contributed by atoms with E-state index in [0.29, 0.717) is 41.6 Å². The van der Waals surface area contributed by atoms with Crippen molar-refractivity contribution >= 4 is 47.2 Å². The van der Waals surface area contributed by atoms with Crippen LogP contribution in [0.4, 0.5) is 0 Å². The maximum Gasteiger partial charge on any atom is 0.261 e. The molecule has 0 bridgehead atoms. The number of hydrogen-bond acceptors (Lipinski definition) is 5. The maximum atomic E-state index is 13.3. The number of ether oxygens (including phenoxy) is 1. The highest BCUT2D eigenvalue weighted by atomic mass is 35.5. The number of carbonyl (C=O) groups excluding carboxylic acids is 4. The summed E-state index contributed by atoms with van der Waals surface area (Å²) in [5.41, 5.74) is 0. The number of aldehydes is 1. The molecule has 1 aromatic rings. The van der Waals surface area contributed by atoms with E-state index >= 15 is 0 Å². The summed E-state index contributed by atoms with van der Waals surface area (Å²) < 4.78 is 5.60. The zero-order valence-corrected chi connectivity index (χ0v) is 19.6. The quantitative estimate of drug-likeness (QED) is 0.537. The summed E-state index contributed by atoms with van der Waals surface area (Å²) in [4.78, 5) is 51.4. The lowest BCUT2D eigenvalue weighted by molar-refractivity contribution is -0.141. The van der Waals surface area contributed by atoms with Crippen LogP contribution < -0.4 is 15.4 Å². The van der Waals surface area contributed by atoms with Crippen molar-refractivity contribution in [2.45, 2.75) is 44.2 Å². The summed E-state index contributed by atoms with van der Waals surface area (Å²) in [6.45, 7) is 0.801. The number of halogens is 2. The molecule has 10 heteroatoms. The molecule has 2 heterocycles. The van der Waals surface area contributed by atoms with Gasteiger partial charge in [0.1, 0.15) is 18.1 Å². The molecule has 1 aromatic carbocycles. The van der Waals surface area contributed by atoms with Crippen molar-refractivity contribution in [1.82, 2.24) is 15.5 Å². The smallest absolute Gasteiger partial charge is 0.261 e. The first kappa shape index (κ1) is 23.8. The second-order valence-corrected chi connectivity index (χ2v) is 9.82. The zero-order valence-electron chi connectivity index (χ0n) is 18.1. The summed E-state index contributed by atoms with van der Waals surface area (Å²) in [6, 6.07) is 3.31. The molecule has 2 saturated heterocycles. The third-order valence-electron chi connectivity index (χ3n) is 6.92.